The van der Waals surface area contributed by atoms with Crippen molar-refractivity contribution < 1.29 is 14.3 Å². The number of fused-ring (bicyclic) bond motifs is 1. The highest BCUT2D eigenvalue weighted by molar-refractivity contribution is 7.16. The van der Waals surface area contributed by atoms with Gasteiger partial charge in [0, 0.05) is 6.42 Å². The molecule has 0 spiro atoms. The zero-order valence-electron chi connectivity index (χ0n) is 16.4. The van der Waals surface area contributed by atoms with Crippen LogP contribution in [0.1, 0.15) is 30.0 Å². The molecule has 1 amide bonds. The number of aryl methyl sites for hydroxylation is 3. The Labute approximate surface area is 168 Å². The highest BCUT2D eigenvalue weighted by Gasteiger charge is 2.14. The summed E-state index contributed by atoms with van der Waals surface area (Å²) < 4.78 is 7.93. The van der Waals surface area contributed by atoms with E-state index >= 15 is 0 Å². The molecule has 2 aromatic carbocycles. The first-order valence-electron chi connectivity index (χ1n) is 9.35. The number of carbonyl (C=O) groups is 2. The van der Waals surface area contributed by atoms with E-state index in [-0.39, 0.29) is 18.4 Å². The van der Waals surface area contributed by atoms with Crippen LogP contribution in [0.4, 0.5) is 0 Å². The van der Waals surface area contributed by atoms with E-state index in [0.717, 1.165) is 26.9 Å². The van der Waals surface area contributed by atoms with Gasteiger partial charge in [0.1, 0.15) is 6.54 Å². The van der Waals surface area contributed by atoms with Crippen LogP contribution < -0.4 is 4.80 Å². The van der Waals surface area contributed by atoms with Crippen molar-refractivity contribution in [2.45, 2.75) is 40.2 Å². The summed E-state index contributed by atoms with van der Waals surface area (Å²) in [5.74, 6) is -0.526. The molecule has 0 fully saturated rings. The van der Waals surface area contributed by atoms with Crippen molar-refractivity contribution in [3.8, 4) is 0 Å². The number of amides is 1. The predicted octanol–water partition coefficient (Wildman–Crippen LogP) is 3.94. The highest BCUT2D eigenvalue weighted by Crippen LogP contribution is 2.23. The molecule has 28 heavy (non-hydrogen) atoms. The molecule has 0 atom stereocenters. The van der Waals surface area contributed by atoms with Gasteiger partial charge in [0.2, 0.25) is 5.91 Å². The summed E-state index contributed by atoms with van der Waals surface area (Å²) in [6.45, 7) is 6.19. The average Bonchev–Trinajstić information content (AvgIpc) is 2.99. The summed E-state index contributed by atoms with van der Waals surface area (Å²) in [6, 6.07) is 14.0. The van der Waals surface area contributed by atoms with Crippen molar-refractivity contribution in [2.24, 2.45) is 4.99 Å². The molecule has 3 aromatic rings. The van der Waals surface area contributed by atoms with Crippen molar-refractivity contribution in [2.75, 3.05) is 6.61 Å². The van der Waals surface area contributed by atoms with Crippen molar-refractivity contribution >= 4 is 33.4 Å². The maximum Gasteiger partial charge on any atom is 0.326 e. The Morgan fingerprint density at radius 3 is 2.61 bits per heavy atom. The second-order valence-electron chi connectivity index (χ2n) is 6.70. The Hall–Kier alpha value is -2.73. The number of benzene rings is 2. The van der Waals surface area contributed by atoms with Gasteiger partial charge in [-0.25, -0.2) is 0 Å². The van der Waals surface area contributed by atoms with Crippen LogP contribution in [0, 0.1) is 13.8 Å². The molecule has 146 valence electrons. The maximum absolute atomic E-state index is 12.5. The molecule has 0 aliphatic heterocycles. The Kier molecular flexibility index (Phi) is 6.41. The lowest BCUT2D eigenvalue weighted by atomic mass is 10.1. The lowest BCUT2D eigenvalue weighted by Gasteiger charge is -2.06. The third-order valence-corrected chi connectivity index (χ3v) is 5.63. The molecule has 6 heteroatoms. The number of ether oxygens (including phenoxy) is 1. The number of esters is 1. The van der Waals surface area contributed by atoms with Gasteiger partial charge in [-0.1, -0.05) is 47.7 Å². The largest absolute Gasteiger partial charge is 0.465 e. The zero-order chi connectivity index (χ0) is 20.1. The second kappa shape index (κ2) is 8.97. The molecule has 5 nitrogen and oxygen atoms in total. The minimum atomic E-state index is -0.334. The van der Waals surface area contributed by atoms with Crippen LogP contribution in [-0.2, 0) is 27.3 Å². The van der Waals surface area contributed by atoms with Crippen molar-refractivity contribution in [1.29, 1.82) is 0 Å². The van der Waals surface area contributed by atoms with Crippen LogP contribution >= 0.6 is 11.3 Å². The third-order valence-electron chi connectivity index (χ3n) is 4.40. The molecule has 1 aromatic heterocycles. The summed E-state index contributed by atoms with van der Waals surface area (Å²) in [5.41, 5.74) is 4.22. The molecule has 0 saturated heterocycles. The van der Waals surface area contributed by atoms with Crippen LogP contribution in [0.2, 0.25) is 0 Å². The van der Waals surface area contributed by atoms with Crippen molar-refractivity contribution in [3.05, 3.63) is 64.0 Å². The smallest absolute Gasteiger partial charge is 0.326 e. The molecular formula is C22H24N2O3S. The monoisotopic (exact) mass is 396 g/mol. The molecule has 0 saturated carbocycles. The van der Waals surface area contributed by atoms with Gasteiger partial charge in [-0.3, -0.25) is 9.59 Å². The SMILES string of the molecule is CCOC(=O)Cn1c(=NC(=O)CCc2ccccc2)sc2c(C)cc(C)cc21. The zero-order valence-corrected chi connectivity index (χ0v) is 17.2. The van der Waals surface area contributed by atoms with Crippen molar-refractivity contribution in [1.82, 2.24) is 4.57 Å². The number of carbonyl (C=O) groups excluding carboxylic acids is 2. The molecule has 0 N–H and O–H groups in total. The number of thiazole rings is 1. The first-order valence-corrected chi connectivity index (χ1v) is 10.2. The molecule has 0 aliphatic carbocycles. The molecule has 0 radical (unpaired) electrons. The topological polar surface area (TPSA) is 60.7 Å². The van der Waals surface area contributed by atoms with Gasteiger partial charge in [-0.2, -0.15) is 4.99 Å². The van der Waals surface area contributed by atoms with E-state index in [4.69, 9.17) is 4.74 Å². The molecular weight excluding hydrogens is 372 g/mol. The molecule has 3 rings (SSSR count). The number of nitrogens with zero attached hydrogens (tertiary/aromatic N) is 2. The average molecular weight is 397 g/mol. The lowest BCUT2D eigenvalue weighted by Crippen LogP contribution is -2.23. The van der Waals surface area contributed by atoms with Crippen LogP contribution in [0.5, 0.6) is 0 Å². The number of hydrogen-bond acceptors (Lipinski definition) is 4. The Bertz CT molecular complexity index is 1060. The fourth-order valence-electron chi connectivity index (χ4n) is 3.14. The minimum Gasteiger partial charge on any atom is -0.465 e. The van der Waals surface area contributed by atoms with Crippen LogP contribution in [0.3, 0.4) is 0 Å². The van der Waals surface area contributed by atoms with Crippen LogP contribution in [0.15, 0.2) is 47.5 Å². The fraction of sp³-hybridized carbons (Fsp3) is 0.318. The van der Waals surface area contributed by atoms with Gasteiger partial charge >= 0.3 is 5.97 Å². The molecule has 0 unspecified atom stereocenters. The van der Waals surface area contributed by atoms with Gasteiger partial charge in [-0.15, -0.1) is 0 Å². The molecule has 1 heterocycles. The van der Waals surface area contributed by atoms with Crippen molar-refractivity contribution in [3.63, 3.8) is 0 Å². The van der Waals surface area contributed by atoms with E-state index in [1.165, 1.54) is 11.3 Å². The molecule has 0 bridgehead atoms. The van der Waals surface area contributed by atoms with E-state index < -0.39 is 0 Å². The van der Waals surface area contributed by atoms with Gasteiger partial charge in [0.05, 0.1) is 16.8 Å². The summed E-state index contributed by atoms with van der Waals surface area (Å²) in [4.78, 5) is 29.5. The summed E-state index contributed by atoms with van der Waals surface area (Å²) in [5, 5.41) is 0. The van der Waals surface area contributed by atoms with E-state index in [2.05, 4.69) is 11.1 Å². The van der Waals surface area contributed by atoms with Gasteiger partial charge in [0.25, 0.3) is 0 Å². The number of aromatic nitrogens is 1. The normalized spacial score (nSPS) is 11.8. The minimum absolute atomic E-state index is 0.0432. The van der Waals surface area contributed by atoms with E-state index in [1.807, 2.05) is 50.2 Å². The summed E-state index contributed by atoms with van der Waals surface area (Å²) in [7, 11) is 0. The molecule has 0 aliphatic rings. The summed E-state index contributed by atoms with van der Waals surface area (Å²) in [6.07, 6.45) is 0.972. The fourth-order valence-corrected chi connectivity index (χ4v) is 4.24. The van der Waals surface area contributed by atoms with E-state index in [9.17, 15) is 9.59 Å². The Morgan fingerprint density at radius 1 is 1.14 bits per heavy atom. The van der Waals surface area contributed by atoms with Gasteiger partial charge < -0.3 is 9.30 Å². The Balaban J connectivity index is 1.96. The van der Waals surface area contributed by atoms with Crippen LogP contribution in [-0.4, -0.2) is 23.1 Å². The lowest BCUT2D eigenvalue weighted by molar-refractivity contribution is -0.143. The summed E-state index contributed by atoms with van der Waals surface area (Å²) >= 11 is 1.44. The standard InChI is InChI=1S/C22H24N2O3S/c1-4-27-20(26)14-24-18-13-15(2)12-16(3)21(18)28-22(24)23-19(25)11-10-17-8-6-5-7-9-17/h5-9,12-13H,4,10-11,14H2,1-3H3. The third kappa shape index (κ3) is 4.75. The second-order valence-corrected chi connectivity index (χ2v) is 7.67. The number of hydrogen-bond donors (Lipinski definition) is 0. The maximum atomic E-state index is 12.5. The highest BCUT2D eigenvalue weighted by atomic mass is 32.1. The van der Waals surface area contributed by atoms with E-state index in [0.29, 0.717) is 24.2 Å². The van der Waals surface area contributed by atoms with E-state index in [1.54, 1.807) is 11.5 Å². The predicted molar refractivity (Wildman–Crippen MR) is 111 cm³/mol. The van der Waals surface area contributed by atoms with Gasteiger partial charge in [0.15, 0.2) is 4.80 Å². The first-order chi connectivity index (χ1) is 13.5. The van der Waals surface area contributed by atoms with Crippen LogP contribution in [0.25, 0.3) is 10.2 Å². The number of rotatable bonds is 6. The Morgan fingerprint density at radius 2 is 1.89 bits per heavy atom. The first kappa shape index (κ1) is 20.0. The quantitative estimate of drug-likeness (QED) is 0.593. The van der Waals surface area contributed by atoms with Gasteiger partial charge in [-0.05, 0) is 49.9 Å².